The van der Waals surface area contributed by atoms with Gasteiger partial charge in [-0.3, -0.25) is 14.8 Å². The summed E-state index contributed by atoms with van der Waals surface area (Å²) in [5.74, 6) is 0.112. The van der Waals surface area contributed by atoms with Gasteiger partial charge in [-0.1, -0.05) is 12.1 Å². The lowest BCUT2D eigenvalue weighted by Crippen LogP contribution is -1.96. The van der Waals surface area contributed by atoms with Gasteiger partial charge in [-0.05, 0) is 49.3 Å². The molecule has 1 aliphatic carbocycles. The summed E-state index contributed by atoms with van der Waals surface area (Å²) in [6.07, 6.45) is 8.76. The van der Waals surface area contributed by atoms with Crippen LogP contribution in [-0.4, -0.2) is 15.8 Å². The molecule has 0 N–H and O–H groups in total. The fraction of sp³-hybridized carbons (Fsp3) is 0.118. The highest BCUT2D eigenvalue weighted by atomic mass is 16.1. The molecule has 0 spiro atoms. The van der Waals surface area contributed by atoms with Gasteiger partial charge in [0.25, 0.3) is 0 Å². The van der Waals surface area contributed by atoms with E-state index >= 15 is 0 Å². The monoisotopic (exact) mass is 262 g/mol. The molecule has 0 saturated heterocycles. The van der Waals surface area contributed by atoms with Crippen molar-refractivity contribution in [2.24, 2.45) is 0 Å². The number of allylic oxidation sites excluding steroid dienone is 2. The quantitative estimate of drug-likeness (QED) is 0.780. The van der Waals surface area contributed by atoms with Crippen molar-refractivity contribution in [2.45, 2.75) is 12.8 Å². The number of Topliss-reactive ketones (excluding diaryl/α,β-unsaturated/α-hetero) is 1. The highest BCUT2D eigenvalue weighted by Crippen LogP contribution is 2.28. The minimum Gasteiger partial charge on any atom is -0.289 e. The first-order valence-corrected chi connectivity index (χ1v) is 6.61. The molecule has 2 heterocycles. The SMILES string of the molecule is O=C1C(=Cc2ccccn2)CCC1=Cc1ccccn1. The summed E-state index contributed by atoms with van der Waals surface area (Å²) in [7, 11) is 0. The van der Waals surface area contributed by atoms with Gasteiger partial charge in [-0.15, -0.1) is 0 Å². The van der Waals surface area contributed by atoms with E-state index in [2.05, 4.69) is 9.97 Å². The maximum Gasteiger partial charge on any atom is 0.185 e. The van der Waals surface area contributed by atoms with Crippen LogP contribution in [0.4, 0.5) is 0 Å². The van der Waals surface area contributed by atoms with Crippen molar-refractivity contribution in [1.82, 2.24) is 9.97 Å². The van der Waals surface area contributed by atoms with Crippen LogP contribution < -0.4 is 0 Å². The molecule has 1 saturated carbocycles. The minimum absolute atomic E-state index is 0.112. The second kappa shape index (κ2) is 5.61. The van der Waals surface area contributed by atoms with Crippen LogP contribution in [0, 0.1) is 0 Å². The van der Waals surface area contributed by atoms with Gasteiger partial charge < -0.3 is 0 Å². The van der Waals surface area contributed by atoms with Crippen LogP contribution in [0.3, 0.4) is 0 Å². The highest BCUT2D eigenvalue weighted by molar-refractivity contribution is 6.15. The molecule has 2 aromatic heterocycles. The molecule has 3 rings (SSSR count). The minimum atomic E-state index is 0.112. The molecule has 2 aromatic rings. The zero-order valence-electron chi connectivity index (χ0n) is 11.0. The van der Waals surface area contributed by atoms with Crippen molar-refractivity contribution in [1.29, 1.82) is 0 Å². The standard InChI is InChI=1S/C17H14N2O/c20-17-13(11-15-5-1-3-9-18-15)7-8-14(17)12-16-6-2-4-10-19-16/h1-6,9-12H,7-8H2. The molecule has 0 bridgehead atoms. The predicted octanol–water partition coefficient (Wildman–Crippen LogP) is 3.31. The third kappa shape index (κ3) is 2.72. The van der Waals surface area contributed by atoms with Crippen molar-refractivity contribution in [3.63, 3.8) is 0 Å². The summed E-state index contributed by atoms with van der Waals surface area (Å²) in [5.41, 5.74) is 3.31. The van der Waals surface area contributed by atoms with Crippen LogP contribution in [0.25, 0.3) is 12.2 Å². The van der Waals surface area contributed by atoms with Crippen LogP contribution in [0.15, 0.2) is 59.9 Å². The Hall–Kier alpha value is -2.55. The lowest BCUT2D eigenvalue weighted by molar-refractivity contribution is -0.111. The van der Waals surface area contributed by atoms with Crippen LogP contribution >= 0.6 is 0 Å². The van der Waals surface area contributed by atoms with Crippen molar-refractivity contribution >= 4 is 17.9 Å². The molecule has 0 atom stereocenters. The largest absolute Gasteiger partial charge is 0.289 e. The number of rotatable bonds is 2. The summed E-state index contributed by atoms with van der Waals surface area (Å²) in [6.45, 7) is 0. The first-order valence-electron chi connectivity index (χ1n) is 6.61. The number of hydrogen-bond acceptors (Lipinski definition) is 3. The van der Waals surface area contributed by atoms with Gasteiger partial charge in [0.2, 0.25) is 0 Å². The van der Waals surface area contributed by atoms with E-state index in [1.165, 1.54) is 0 Å². The summed E-state index contributed by atoms with van der Waals surface area (Å²) in [5, 5.41) is 0. The van der Waals surface area contributed by atoms with E-state index in [0.717, 1.165) is 35.4 Å². The Bertz CT molecular complexity index is 613. The molecule has 0 aliphatic heterocycles. The molecule has 1 aliphatic rings. The first kappa shape index (κ1) is 12.5. The fourth-order valence-electron chi connectivity index (χ4n) is 2.26. The van der Waals surface area contributed by atoms with Gasteiger partial charge in [0.15, 0.2) is 5.78 Å². The smallest absolute Gasteiger partial charge is 0.185 e. The molecular weight excluding hydrogens is 248 g/mol. The Kier molecular flexibility index (Phi) is 3.50. The second-order valence-electron chi connectivity index (χ2n) is 4.68. The normalized spacial score (nSPS) is 18.9. The number of aromatic nitrogens is 2. The van der Waals surface area contributed by atoms with E-state index < -0.39 is 0 Å². The predicted molar refractivity (Wildman–Crippen MR) is 78.7 cm³/mol. The van der Waals surface area contributed by atoms with Crippen LogP contribution in [0.1, 0.15) is 24.2 Å². The Labute approximate surface area is 117 Å². The van der Waals surface area contributed by atoms with E-state index in [4.69, 9.17) is 0 Å². The van der Waals surface area contributed by atoms with E-state index in [1.807, 2.05) is 48.6 Å². The molecule has 0 radical (unpaired) electrons. The van der Waals surface area contributed by atoms with Crippen molar-refractivity contribution in [3.8, 4) is 0 Å². The van der Waals surface area contributed by atoms with Crippen molar-refractivity contribution < 1.29 is 4.79 Å². The number of hydrogen-bond donors (Lipinski definition) is 0. The average Bonchev–Trinajstić information content (AvgIpc) is 2.83. The van der Waals surface area contributed by atoms with Crippen LogP contribution in [0.5, 0.6) is 0 Å². The maximum absolute atomic E-state index is 12.3. The topological polar surface area (TPSA) is 42.9 Å². The molecule has 0 aromatic carbocycles. The van der Waals surface area contributed by atoms with Gasteiger partial charge in [0.05, 0.1) is 11.4 Å². The maximum atomic E-state index is 12.3. The van der Waals surface area contributed by atoms with E-state index in [0.29, 0.717) is 0 Å². The molecule has 3 heteroatoms. The Morgan fingerprint density at radius 2 is 1.30 bits per heavy atom. The lowest BCUT2D eigenvalue weighted by atomic mass is 10.1. The number of pyridine rings is 2. The van der Waals surface area contributed by atoms with Gasteiger partial charge in [0.1, 0.15) is 0 Å². The van der Waals surface area contributed by atoms with E-state index in [9.17, 15) is 4.79 Å². The fourth-order valence-corrected chi connectivity index (χ4v) is 2.26. The van der Waals surface area contributed by atoms with Crippen molar-refractivity contribution in [2.75, 3.05) is 0 Å². The van der Waals surface area contributed by atoms with E-state index in [-0.39, 0.29) is 5.78 Å². The number of carbonyl (C=O) groups excluding carboxylic acids is 1. The summed E-state index contributed by atoms with van der Waals surface area (Å²) < 4.78 is 0. The summed E-state index contributed by atoms with van der Waals surface area (Å²) in [4.78, 5) is 20.8. The second-order valence-corrected chi connectivity index (χ2v) is 4.68. The van der Waals surface area contributed by atoms with Gasteiger partial charge in [0, 0.05) is 23.5 Å². The molecule has 20 heavy (non-hydrogen) atoms. The van der Waals surface area contributed by atoms with Crippen LogP contribution in [-0.2, 0) is 4.79 Å². The Morgan fingerprint density at radius 1 is 0.800 bits per heavy atom. The zero-order valence-corrected chi connectivity index (χ0v) is 11.0. The Morgan fingerprint density at radius 3 is 1.70 bits per heavy atom. The van der Waals surface area contributed by atoms with Crippen molar-refractivity contribution in [3.05, 3.63) is 71.3 Å². The Balaban J connectivity index is 1.85. The lowest BCUT2D eigenvalue weighted by Gasteiger charge is -1.96. The van der Waals surface area contributed by atoms with Gasteiger partial charge in [-0.25, -0.2) is 0 Å². The molecule has 3 nitrogen and oxygen atoms in total. The van der Waals surface area contributed by atoms with Gasteiger partial charge >= 0.3 is 0 Å². The summed E-state index contributed by atoms with van der Waals surface area (Å²) >= 11 is 0. The molecular formula is C17H14N2O. The molecule has 98 valence electrons. The number of ketones is 1. The van der Waals surface area contributed by atoms with Crippen LogP contribution in [0.2, 0.25) is 0 Å². The third-order valence-corrected chi connectivity index (χ3v) is 3.27. The highest BCUT2D eigenvalue weighted by Gasteiger charge is 2.23. The summed E-state index contributed by atoms with van der Waals surface area (Å²) in [6, 6.07) is 11.4. The van der Waals surface area contributed by atoms with E-state index in [1.54, 1.807) is 12.4 Å². The third-order valence-electron chi connectivity index (χ3n) is 3.27. The number of nitrogens with zero attached hydrogens (tertiary/aromatic N) is 2. The molecule has 0 unspecified atom stereocenters. The zero-order chi connectivity index (χ0) is 13.8. The molecule has 1 fully saturated rings. The molecule has 0 amide bonds. The van der Waals surface area contributed by atoms with Gasteiger partial charge in [-0.2, -0.15) is 0 Å². The number of carbonyl (C=O) groups is 1. The average molecular weight is 262 g/mol. The first-order chi connectivity index (χ1) is 9.83.